The van der Waals surface area contributed by atoms with Crippen LogP contribution < -0.4 is 0 Å². The average molecular weight is 401 g/mol. The van der Waals surface area contributed by atoms with Crippen LogP contribution in [0.3, 0.4) is 0 Å². The number of benzene rings is 1. The fourth-order valence-corrected chi connectivity index (χ4v) is 3.48. The molecule has 0 aliphatic heterocycles. The highest BCUT2D eigenvalue weighted by molar-refractivity contribution is 5.69. The van der Waals surface area contributed by atoms with Crippen LogP contribution in [-0.4, -0.2) is 46.3 Å². The van der Waals surface area contributed by atoms with Gasteiger partial charge in [0.15, 0.2) is 0 Å². The van der Waals surface area contributed by atoms with E-state index in [0.29, 0.717) is 18.9 Å². The molecule has 1 atom stereocenters. The second-order valence-corrected chi connectivity index (χ2v) is 8.23. The molecule has 1 N–H and O–H groups in total. The number of aliphatic hydroxyl groups is 1. The molecule has 0 aliphatic rings. The fraction of sp³-hybridized carbons (Fsp3) is 0.542. The Morgan fingerprint density at radius 3 is 2.62 bits per heavy atom. The van der Waals surface area contributed by atoms with Gasteiger partial charge in [0.2, 0.25) is 0 Å². The number of rotatable bonds is 12. The van der Waals surface area contributed by atoms with E-state index in [-0.39, 0.29) is 12.6 Å². The third-order valence-corrected chi connectivity index (χ3v) is 4.89. The van der Waals surface area contributed by atoms with E-state index >= 15 is 0 Å². The summed E-state index contributed by atoms with van der Waals surface area (Å²) in [7, 11) is 0. The summed E-state index contributed by atoms with van der Waals surface area (Å²) in [6.45, 7) is 11.4. The van der Waals surface area contributed by atoms with Gasteiger partial charge in [-0.1, -0.05) is 45.0 Å². The van der Waals surface area contributed by atoms with E-state index in [9.17, 15) is 9.90 Å². The first-order chi connectivity index (χ1) is 13.9. The molecule has 2 rings (SSSR count). The molecule has 0 fully saturated rings. The SMILES string of the molecule is CCCC(=O)OC[C@H](O)CN(Cc1cccn1Cc1ccccc1C)CC(C)C. The van der Waals surface area contributed by atoms with Gasteiger partial charge in [-0.3, -0.25) is 9.69 Å². The summed E-state index contributed by atoms with van der Waals surface area (Å²) in [6.07, 6.45) is 2.58. The number of nitrogens with zero attached hydrogens (tertiary/aromatic N) is 2. The number of aliphatic hydroxyl groups excluding tert-OH is 1. The van der Waals surface area contributed by atoms with Crippen molar-refractivity contribution < 1.29 is 14.6 Å². The van der Waals surface area contributed by atoms with Gasteiger partial charge >= 0.3 is 5.97 Å². The highest BCUT2D eigenvalue weighted by Crippen LogP contribution is 2.15. The summed E-state index contributed by atoms with van der Waals surface area (Å²) in [6, 6.07) is 12.7. The van der Waals surface area contributed by atoms with E-state index in [1.807, 2.05) is 6.92 Å². The van der Waals surface area contributed by atoms with Crippen LogP contribution in [0.25, 0.3) is 0 Å². The van der Waals surface area contributed by atoms with Crippen molar-refractivity contribution in [1.29, 1.82) is 0 Å². The van der Waals surface area contributed by atoms with Crippen molar-refractivity contribution in [2.24, 2.45) is 5.92 Å². The minimum Gasteiger partial charge on any atom is -0.463 e. The monoisotopic (exact) mass is 400 g/mol. The summed E-state index contributed by atoms with van der Waals surface area (Å²) in [4.78, 5) is 13.8. The zero-order valence-corrected chi connectivity index (χ0v) is 18.3. The average Bonchev–Trinajstić information content (AvgIpc) is 3.08. The molecule has 0 radical (unpaired) electrons. The maximum Gasteiger partial charge on any atom is 0.305 e. The third-order valence-electron chi connectivity index (χ3n) is 4.89. The fourth-order valence-electron chi connectivity index (χ4n) is 3.48. The van der Waals surface area contributed by atoms with Crippen LogP contribution >= 0.6 is 0 Å². The molecule has 2 aromatic rings. The van der Waals surface area contributed by atoms with E-state index in [1.54, 1.807) is 0 Å². The van der Waals surface area contributed by atoms with Crippen molar-refractivity contribution in [2.45, 2.75) is 59.7 Å². The maximum atomic E-state index is 11.6. The summed E-state index contributed by atoms with van der Waals surface area (Å²) in [5, 5.41) is 10.4. The Balaban J connectivity index is 2.00. The first kappa shape index (κ1) is 23.2. The van der Waals surface area contributed by atoms with E-state index < -0.39 is 6.10 Å². The van der Waals surface area contributed by atoms with Crippen LogP contribution in [0.4, 0.5) is 0 Å². The zero-order chi connectivity index (χ0) is 21.2. The molecule has 1 aromatic carbocycles. The number of hydrogen-bond acceptors (Lipinski definition) is 4. The van der Waals surface area contributed by atoms with Crippen LogP contribution in [0.5, 0.6) is 0 Å². The minimum atomic E-state index is -0.686. The normalized spacial score (nSPS) is 12.5. The second-order valence-electron chi connectivity index (χ2n) is 8.23. The Labute approximate surface area is 175 Å². The summed E-state index contributed by atoms with van der Waals surface area (Å²) >= 11 is 0. The number of aromatic nitrogens is 1. The first-order valence-corrected chi connectivity index (χ1v) is 10.6. The number of carbonyl (C=O) groups is 1. The van der Waals surface area contributed by atoms with Crippen LogP contribution in [0.15, 0.2) is 42.6 Å². The summed E-state index contributed by atoms with van der Waals surface area (Å²) in [5.41, 5.74) is 3.81. The lowest BCUT2D eigenvalue weighted by atomic mass is 10.1. The van der Waals surface area contributed by atoms with Gasteiger partial charge in [-0.25, -0.2) is 0 Å². The predicted octanol–water partition coefficient (Wildman–Crippen LogP) is 4.01. The molecule has 5 nitrogen and oxygen atoms in total. The molecular formula is C24H36N2O3. The Kier molecular flexibility index (Phi) is 9.42. The van der Waals surface area contributed by atoms with Crippen molar-refractivity contribution in [3.8, 4) is 0 Å². The van der Waals surface area contributed by atoms with E-state index in [4.69, 9.17) is 4.74 Å². The molecule has 0 aliphatic carbocycles. The first-order valence-electron chi connectivity index (χ1n) is 10.6. The van der Waals surface area contributed by atoms with Gasteiger partial charge in [0.1, 0.15) is 12.7 Å². The Morgan fingerprint density at radius 2 is 1.93 bits per heavy atom. The quantitative estimate of drug-likeness (QED) is 0.547. The lowest BCUT2D eigenvalue weighted by Crippen LogP contribution is -2.37. The Hall–Kier alpha value is -2.11. The van der Waals surface area contributed by atoms with E-state index in [2.05, 4.69) is 72.8 Å². The number of hydrogen-bond donors (Lipinski definition) is 1. The molecule has 0 spiro atoms. The molecule has 0 unspecified atom stereocenters. The summed E-state index contributed by atoms with van der Waals surface area (Å²) in [5.74, 6) is 0.235. The standard InChI is InChI=1S/C24H36N2O3/c1-5-9-24(28)29-18-23(27)17-25(14-19(2)3)16-22-12-8-13-26(22)15-21-11-7-6-10-20(21)4/h6-8,10-13,19,23,27H,5,9,14-18H2,1-4H3/t23-/m1/s1. The third kappa shape index (κ3) is 8.03. The molecule has 29 heavy (non-hydrogen) atoms. The van der Waals surface area contributed by atoms with E-state index in [0.717, 1.165) is 26.1 Å². The molecule has 1 heterocycles. The number of aryl methyl sites for hydroxylation is 1. The molecule has 0 saturated carbocycles. The van der Waals surface area contributed by atoms with Crippen LogP contribution in [-0.2, 0) is 22.6 Å². The van der Waals surface area contributed by atoms with Crippen molar-refractivity contribution >= 4 is 5.97 Å². The second kappa shape index (κ2) is 11.8. The van der Waals surface area contributed by atoms with Crippen LogP contribution in [0.1, 0.15) is 50.4 Å². The highest BCUT2D eigenvalue weighted by atomic mass is 16.5. The lowest BCUT2D eigenvalue weighted by Gasteiger charge is -2.27. The van der Waals surface area contributed by atoms with Crippen LogP contribution in [0, 0.1) is 12.8 Å². The molecule has 160 valence electrons. The largest absolute Gasteiger partial charge is 0.463 e. The molecule has 5 heteroatoms. The van der Waals surface area contributed by atoms with Gasteiger partial charge in [0, 0.05) is 44.5 Å². The number of esters is 1. The van der Waals surface area contributed by atoms with Crippen molar-refractivity contribution in [3.05, 3.63) is 59.4 Å². The molecule has 1 aromatic heterocycles. The Bertz CT molecular complexity index is 754. The van der Waals surface area contributed by atoms with Crippen LogP contribution in [0.2, 0.25) is 0 Å². The van der Waals surface area contributed by atoms with E-state index in [1.165, 1.54) is 16.8 Å². The number of carbonyl (C=O) groups excluding carboxylic acids is 1. The number of ether oxygens (including phenoxy) is 1. The Morgan fingerprint density at radius 1 is 1.17 bits per heavy atom. The predicted molar refractivity (Wildman–Crippen MR) is 117 cm³/mol. The van der Waals surface area contributed by atoms with Gasteiger partial charge in [-0.2, -0.15) is 0 Å². The molecule has 0 amide bonds. The summed E-state index contributed by atoms with van der Waals surface area (Å²) < 4.78 is 7.45. The van der Waals surface area contributed by atoms with Gasteiger partial charge in [0.25, 0.3) is 0 Å². The zero-order valence-electron chi connectivity index (χ0n) is 18.3. The van der Waals surface area contributed by atoms with Crippen molar-refractivity contribution in [2.75, 3.05) is 19.7 Å². The lowest BCUT2D eigenvalue weighted by molar-refractivity contribution is -0.147. The maximum absolute atomic E-state index is 11.6. The van der Waals surface area contributed by atoms with Gasteiger partial charge in [0.05, 0.1) is 0 Å². The van der Waals surface area contributed by atoms with Gasteiger partial charge < -0.3 is 14.4 Å². The van der Waals surface area contributed by atoms with Crippen molar-refractivity contribution in [3.63, 3.8) is 0 Å². The molecule has 0 saturated heterocycles. The minimum absolute atomic E-state index is 0.0532. The van der Waals surface area contributed by atoms with Crippen molar-refractivity contribution in [1.82, 2.24) is 9.47 Å². The molecule has 0 bridgehead atoms. The van der Waals surface area contributed by atoms with Gasteiger partial charge in [-0.15, -0.1) is 0 Å². The van der Waals surface area contributed by atoms with Gasteiger partial charge in [-0.05, 0) is 42.5 Å². The highest BCUT2D eigenvalue weighted by Gasteiger charge is 2.17. The molecular weight excluding hydrogens is 364 g/mol. The smallest absolute Gasteiger partial charge is 0.305 e. The topological polar surface area (TPSA) is 54.7 Å².